The zero-order chi connectivity index (χ0) is 16.9. The van der Waals surface area contributed by atoms with Gasteiger partial charge in [-0.05, 0) is 31.2 Å². The molecule has 0 unspecified atom stereocenters. The number of carbonyl (C=O) groups excluding carboxylic acids is 1. The molecule has 0 saturated carbocycles. The molecule has 0 radical (unpaired) electrons. The fraction of sp³-hybridized carbons (Fsp3) is 0.150. The van der Waals surface area contributed by atoms with Crippen molar-refractivity contribution in [1.29, 1.82) is 0 Å². The van der Waals surface area contributed by atoms with Gasteiger partial charge in [-0.15, -0.1) is 0 Å². The largest absolute Gasteiger partial charge is 0.493 e. The second-order valence-corrected chi connectivity index (χ2v) is 5.88. The van der Waals surface area contributed by atoms with E-state index in [1.165, 1.54) is 0 Å². The molecule has 0 heterocycles. The molecule has 24 heavy (non-hydrogen) atoms. The predicted octanol–water partition coefficient (Wildman–Crippen LogP) is 5.18. The molecule has 3 aromatic carbocycles. The Kier molecular flexibility index (Phi) is 5.02. The number of fused-ring (bicyclic) bond motifs is 1. The van der Waals surface area contributed by atoms with Crippen LogP contribution in [0.25, 0.3) is 10.8 Å². The molecule has 0 saturated heterocycles. The van der Waals surface area contributed by atoms with Gasteiger partial charge in [0, 0.05) is 15.8 Å². The van der Waals surface area contributed by atoms with Crippen molar-refractivity contribution in [3.05, 3.63) is 71.2 Å². The molecule has 0 atom stereocenters. The van der Waals surface area contributed by atoms with E-state index in [9.17, 15) is 4.79 Å². The van der Waals surface area contributed by atoms with Gasteiger partial charge in [0.15, 0.2) is 0 Å². The van der Waals surface area contributed by atoms with Crippen molar-refractivity contribution >= 4 is 28.3 Å². The quantitative estimate of drug-likeness (QED) is 0.474. The third-order valence-electron chi connectivity index (χ3n) is 3.65. The van der Waals surface area contributed by atoms with Gasteiger partial charge in [0.05, 0.1) is 13.0 Å². The fourth-order valence-corrected chi connectivity index (χ4v) is 2.61. The highest BCUT2D eigenvalue weighted by atomic mass is 35.5. The lowest BCUT2D eigenvalue weighted by Gasteiger charge is -2.10. The molecule has 0 amide bonds. The molecule has 0 aliphatic carbocycles. The van der Waals surface area contributed by atoms with Gasteiger partial charge < -0.3 is 9.47 Å². The molecular formula is C20H17ClO3. The maximum atomic E-state index is 12.1. The van der Waals surface area contributed by atoms with Gasteiger partial charge in [-0.2, -0.15) is 0 Å². The number of esters is 1. The van der Waals surface area contributed by atoms with Crippen molar-refractivity contribution in [3.63, 3.8) is 0 Å². The number of carbonyl (C=O) groups is 1. The van der Waals surface area contributed by atoms with Crippen LogP contribution in [0.1, 0.15) is 12.0 Å². The van der Waals surface area contributed by atoms with Gasteiger partial charge in [0.1, 0.15) is 11.5 Å². The van der Waals surface area contributed by atoms with Gasteiger partial charge in [0.2, 0.25) is 0 Å². The Morgan fingerprint density at radius 2 is 1.67 bits per heavy atom. The second-order valence-electron chi connectivity index (χ2n) is 5.48. The lowest BCUT2D eigenvalue weighted by Crippen LogP contribution is -2.12. The molecule has 4 heteroatoms. The zero-order valence-corrected chi connectivity index (χ0v) is 14.0. The summed E-state index contributed by atoms with van der Waals surface area (Å²) in [5.74, 6) is 0.912. The molecule has 0 aliphatic rings. The van der Waals surface area contributed by atoms with Gasteiger partial charge in [-0.1, -0.05) is 53.6 Å². The number of halogens is 1. The summed E-state index contributed by atoms with van der Waals surface area (Å²) in [5.41, 5.74) is 1.16. The molecule has 3 rings (SSSR count). The normalized spacial score (nSPS) is 10.6. The second kappa shape index (κ2) is 7.37. The average molecular weight is 341 g/mol. The number of ether oxygens (including phenoxy) is 2. The topological polar surface area (TPSA) is 35.5 Å². The summed E-state index contributed by atoms with van der Waals surface area (Å²) < 4.78 is 11.0. The van der Waals surface area contributed by atoms with E-state index in [0.29, 0.717) is 10.8 Å². The summed E-state index contributed by atoms with van der Waals surface area (Å²) in [5, 5.41) is 2.31. The maximum Gasteiger partial charge on any atom is 0.314 e. The van der Waals surface area contributed by atoms with Crippen molar-refractivity contribution in [1.82, 2.24) is 0 Å². The molecule has 122 valence electrons. The number of rotatable bonds is 5. The lowest BCUT2D eigenvalue weighted by atomic mass is 10.1. The Hall–Kier alpha value is -2.52. The van der Waals surface area contributed by atoms with Crippen LogP contribution in [0.15, 0.2) is 60.7 Å². The molecule has 0 aliphatic heterocycles. The summed E-state index contributed by atoms with van der Waals surface area (Å²) in [4.78, 5) is 12.1. The van der Waals surface area contributed by atoms with Crippen LogP contribution in [-0.2, 0) is 4.79 Å². The summed E-state index contributed by atoms with van der Waals surface area (Å²) in [6.07, 6.45) is 0.171. The Morgan fingerprint density at radius 1 is 0.958 bits per heavy atom. The van der Waals surface area contributed by atoms with Crippen LogP contribution in [0.4, 0.5) is 0 Å². The number of aryl methyl sites for hydroxylation is 1. The fourth-order valence-electron chi connectivity index (χ4n) is 2.38. The Bertz CT molecular complexity index is 856. The Morgan fingerprint density at radius 3 is 2.42 bits per heavy atom. The minimum absolute atomic E-state index is 0.171. The molecule has 3 aromatic rings. The van der Waals surface area contributed by atoms with Crippen molar-refractivity contribution < 1.29 is 14.3 Å². The average Bonchev–Trinajstić information content (AvgIpc) is 2.59. The van der Waals surface area contributed by atoms with E-state index in [2.05, 4.69) is 0 Å². The van der Waals surface area contributed by atoms with Crippen LogP contribution in [0.5, 0.6) is 11.5 Å². The van der Waals surface area contributed by atoms with Gasteiger partial charge in [-0.3, -0.25) is 4.79 Å². The summed E-state index contributed by atoms with van der Waals surface area (Å²) in [6.45, 7) is 2.28. The minimum atomic E-state index is -0.338. The monoisotopic (exact) mass is 340 g/mol. The van der Waals surface area contributed by atoms with Crippen LogP contribution in [-0.4, -0.2) is 12.6 Å². The number of benzene rings is 3. The van der Waals surface area contributed by atoms with Crippen molar-refractivity contribution in [2.24, 2.45) is 0 Å². The summed E-state index contributed by atoms with van der Waals surface area (Å²) in [7, 11) is 0. The Balaban J connectivity index is 1.61. The highest BCUT2D eigenvalue weighted by Gasteiger charge is 2.10. The summed E-state index contributed by atoms with van der Waals surface area (Å²) in [6, 6.07) is 18.7. The third kappa shape index (κ3) is 3.87. The first-order valence-electron chi connectivity index (χ1n) is 7.71. The van der Waals surface area contributed by atoms with Crippen LogP contribution in [0.3, 0.4) is 0 Å². The molecule has 0 bridgehead atoms. The van der Waals surface area contributed by atoms with Crippen molar-refractivity contribution in [2.75, 3.05) is 6.61 Å². The van der Waals surface area contributed by atoms with Crippen LogP contribution in [0, 0.1) is 6.92 Å². The van der Waals surface area contributed by atoms with Gasteiger partial charge in [-0.25, -0.2) is 0 Å². The molecule has 0 spiro atoms. The van der Waals surface area contributed by atoms with E-state index in [1.54, 1.807) is 12.1 Å². The van der Waals surface area contributed by atoms with E-state index in [-0.39, 0.29) is 19.0 Å². The van der Waals surface area contributed by atoms with E-state index < -0.39 is 0 Å². The lowest BCUT2D eigenvalue weighted by molar-refractivity contribution is -0.134. The predicted molar refractivity (Wildman–Crippen MR) is 95.9 cm³/mol. The first-order valence-corrected chi connectivity index (χ1v) is 8.09. The first kappa shape index (κ1) is 16.3. The van der Waals surface area contributed by atoms with Crippen LogP contribution >= 0.6 is 11.6 Å². The smallest absolute Gasteiger partial charge is 0.314 e. The SMILES string of the molecule is Cc1ccc(OCCC(=O)Oc2ccc(Cl)c3ccccc23)cc1. The molecule has 3 nitrogen and oxygen atoms in total. The number of hydrogen-bond donors (Lipinski definition) is 0. The van der Waals surface area contributed by atoms with E-state index in [1.807, 2.05) is 55.5 Å². The third-order valence-corrected chi connectivity index (χ3v) is 3.98. The van der Waals surface area contributed by atoms with Crippen molar-refractivity contribution in [2.45, 2.75) is 13.3 Å². The highest BCUT2D eigenvalue weighted by Crippen LogP contribution is 2.31. The first-order chi connectivity index (χ1) is 11.6. The van der Waals surface area contributed by atoms with E-state index in [0.717, 1.165) is 22.1 Å². The van der Waals surface area contributed by atoms with E-state index in [4.69, 9.17) is 21.1 Å². The molecular weight excluding hydrogens is 324 g/mol. The minimum Gasteiger partial charge on any atom is -0.493 e. The standard InChI is InChI=1S/C20H17ClO3/c1-14-6-8-15(9-7-14)23-13-12-20(22)24-19-11-10-18(21)16-4-2-3-5-17(16)19/h2-11H,12-13H2,1H3. The molecule has 0 fully saturated rings. The Labute approximate surface area is 145 Å². The zero-order valence-electron chi connectivity index (χ0n) is 13.3. The maximum absolute atomic E-state index is 12.1. The number of hydrogen-bond acceptors (Lipinski definition) is 3. The van der Waals surface area contributed by atoms with Crippen molar-refractivity contribution in [3.8, 4) is 11.5 Å². The highest BCUT2D eigenvalue weighted by molar-refractivity contribution is 6.35. The molecule has 0 aromatic heterocycles. The van der Waals surface area contributed by atoms with Crippen LogP contribution in [0.2, 0.25) is 5.02 Å². The van der Waals surface area contributed by atoms with Crippen LogP contribution < -0.4 is 9.47 Å². The van der Waals surface area contributed by atoms with E-state index >= 15 is 0 Å². The summed E-state index contributed by atoms with van der Waals surface area (Å²) >= 11 is 6.17. The van der Waals surface area contributed by atoms with Gasteiger partial charge in [0.25, 0.3) is 0 Å². The van der Waals surface area contributed by atoms with Gasteiger partial charge >= 0.3 is 5.97 Å². The molecule has 0 N–H and O–H groups in total.